The Bertz CT molecular complexity index is 509. The molecule has 1 rings (SSSR count). The molecule has 1 amide bonds. The Morgan fingerprint density at radius 1 is 1.38 bits per heavy atom. The van der Waals surface area contributed by atoms with Gasteiger partial charge in [-0.2, -0.15) is 0 Å². The fourth-order valence-corrected chi connectivity index (χ4v) is 2.32. The monoisotopic (exact) mass is 314 g/mol. The van der Waals surface area contributed by atoms with Gasteiger partial charge in [-0.25, -0.2) is 0 Å². The van der Waals surface area contributed by atoms with E-state index in [9.17, 15) is 9.59 Å². The van der Waals surface area contributed by atoms with Gasteiger partial charge in [0, 0.05) is 25.7 Å². The highest BCUT2D eigenvalue weighted by Crippen LogP contribution is 2.26. The molecule has 0 unspecified atom stereocenters. The number of carbonyl (C=O) groups excluding carboxylic acids is 1. The summed E-state index contributed by atoms with van der Waals surface area (Å²) in [6.45, 7) is 7.15. The highest BCUT2D eigenvalue weighted by atomic mass is 35.5. The van der Waals surface area contributed by atoms with E-state index in [0.29, 0.717) is 30.2 Å². The minimum absolute atomic E-state index is 0.115. The van der Waals surface area contributed by atoms with Crippen LogP contribution in [-0.2, 0) is 11.3 Å². The molecule has 0 aromatic carbocycles. The van der Waals surface area contributed by atoms with Gasteiger partial charge in [0.15, 0.2) is 0 Å². The van der Waals surface area contributed by atoms with Crippen LogP contribution in [0.3, 0.4) is 0 Å². The molecule has 0 fully saturated rings. The lowest BCUT2D eigenvalue weighted by molar-refractivity contribution is -0.137. The smallest absolute Gasteiger partial charge is 0.303 e. The van der Waals surface area contributed by atoms with Crippen LogP contribution >= 0.6 is 11.6 Å². The predicted molar refractivity (Wildman–Crippen MR) is 82.7 cm³/mol. The molecule has 2 N–H and O–H groups in total. The first-order valence-electron chi connectivity index (χ1n) is 7.11. The lowest BCUT2D eigenvalue weighted by atomic mass is 9.84. The van der Waals surface area contributed by atoms with E-state index in [0.717, 1.165) is 6.42 Å². The number of amides is 1. The molecule has 5 nitrogen and oxygen atoms in total. The summed E-state index contributed by atoms with van der Waals surface area (Å²) in [7, 11) is 0. The third-order valence-corrected chi connectivity index (χ3v) is 3.75. The molecule has 0 atom stereocenters. The SMILES string of the molecule is CCn1cc(Cl)cc1C(=O)NCCC(C)(C)CCC(=O)O. The average Bonchev–Trinajstić information content (AvgIpc) is 2.77. The topological polar surface area (TPSA) is 71.3 Å². The molecule has 6 heteroatoms. The van der Waals surface area contributed by atoms with Crippen LogP contribution in [0.15, 0.2) is 12.3 Å². The highest BCUT2D eigenvalue weighted by molar-refractivity contribution is 6.31. The van der Waals surface area contributed by atoms with Crippen molar-refractivity contribution < 1.29 is 14.7 Å². The standard InChI is InChI=1S/C15H23ClN2O3/c1-4-18-10-11(16)9-12(18)14(21)17-8-7-15(2,3)6-5-13(19)20/h9-10H,4-8H2,1-3H3,(H,17,21)(H,19,20). The fourth-order valence-electron chi connectivity index (χ4n) is 2.10. The van der Waals surface area contributed by atoms with Crippen molar-refractivity contribution in [2.45, 2.75) is 46.6 Å². The van der Waals surface area contributed by atoms with Crippen molar-refractivity contribution >= 4 is 23.5 Å². The number of carboxylic acids is 1. The van der Waals surface area contributed by atoms with E-state index in [1.807, 2.05) is 20.8 Å². The van der Waals surface area contributed by atoms with Crippen LogP contribution in [0.2, 0.25) is 5.02 Å². The Balaban J connectivity index is 2.47. The zero-order valence-electron chi connectivity index (χ0n) is 12.8. The van der Waals surface area contributed by atoms with E-state index in [1.54, 1.807) is 16.8 Å². The number of carbonyl (C=O) groups is 2. The van der Waals surface area contributed by atoms with E-state index in [2.05, 4.69) is 5.32 Å². The van der Waals surface area contributed by atoms with Crippen molar-refractivity contribution in [1.82, 2.24) is 9.88 Å². The first-order chi connectivity index (χ1) is 9.75. The number of aromatic nitrogens is 1. The third-order valence-electron chi connectivity index (χ3n) is 3.54. The van der Waals surface area contributed by atoms with Crippen LogP contribution in [0, 0.1) is 5.41 Å². The maximum atomic E-state index is 12.1. The molecule has 0 aliphatic carbocycles. The van der Waals surface area contributed by atoms with E-state index in [1.165, 1.54) is 0 Å². The van der Waals surface area contributed by atoms with Crippen LogP contribution < -0.4 is 5.32 Å². The highest BCUT2D eigenvalue weighted by Gasteiger charge is 2.20. The predicted octanol–water partition coefficient (Wildman–Crippen LogP) is 3.17. The first kappa shape index (κ1) is 17.6. The van der Waals surface area contributed by atoms with Crippen molar-refractivity contribution in [3.05, 3.63) is 23.0 Å². The summed E-state index contributed by atoms with van der Waals surface area (Å²) in [6.07, 6.45) is 3.20. The fraction of sp³-hybridized carbons (Fsp3) is 0.600. The minimum Gasteiger partial charge on any atom is -0.481 e. The Morgan fingerprint density at radius 3 is 2.62 bits per heavy atom. The van der Waals surface area contributed by atoms with Crippen molar-refractivity contribution in [2.75, 3.05) is 6.54 Å². The van der Waals surface area contributed by atoms with Crippen LogP contribution in [0.4, 0.5) is 0 Å². The molecule has 0 aliphatic heterocycles. The maximum Gasteiger partial charge on any atom is 0.303 e. The minimum atomic E-state index is -0.789. The molecular formula is C15H23ClN2O3. The van der Waals surface area contributed by atoms with Crippen molar-refractivity contribution in [3.8, 4) is 0 Å². The van der Waals surface area contributed by atoms with Gasteiger partial charge in [-0.15, -0.1) is 0 Å². The van der Waals surface area contributed by atoms with Gasteiger partial charge >= 0.3 is 5.97 Å². The number of hydrogen-bond acceptors (Lipinski definition) is 2. The van der Waals surface area contributed by atoms with Crippen LogP contribution in [0.25, 0.3) is 0 Å². The van der Waals surface area contributed by atoms with Gasteiger partial charge in [-0.05, 0) is 31.2 Å². The summed E-state index contributed by atoms with van der Waals surface area (Å²) in [5.74, 6) is -0.944. The Labute approximate surface area is 130 Å². The van der Waals surface area contributed by atoms with E-state index >= 15 is 0 Å². The van der Waals surface area contributed by atoms with Crippen LogP contribution in [0.1, 0.15) is 50.5 Å². The van der Waals surface area contributed by atoms with Gasteiger partial charge in [0.2, 0.25) is 0 Å². The van der Waals surface area contributed by atoms with Crippen LogP contribution in [0.5, 0.6) is 0 Å². The number of hydrogen-bond donors (Lipinski definition) is 2. The van der Waals surface area contributed by atoms with Gasteiger partial charge in [0.25, 0.3) is 5.91 Å². The molecule has 21 heavy (non-hydrogen) atoms. The average molecular weight is 315 g/mol. The summed E-state index contributed by atoms with van der Waals surface area (Å²) in [5.41, 5.74) is 0.432. The van der Waals surface area contributed by atoms with Crippen LogP contribution in [-0.4, -0.2) is 28.1 Å². The van der Waals surface area contributed by atoms with Gasteiger partial charge in [-0.1, -0.05) is 25.4 Å². The summed E-state index contributed by atoms with van der Waals surface area (Å²) in [6, 6.07) is 1.65. The lowest BCUT2D eigenvalue weighted by Gasteiger charge is -2.23. The van der Waals surface area contributed by atoms with Gasteiger partial charge in [0.05, 0.1) is 5.02 Å². The quantitative estimate of drug-likeness (QED) is 0.774. The molecular weight excluding hydrogens is 292 g/mol. The number of carboxylic acid groups (broad SMARTS) is 1. The molecule has 0 bridgehead atoms. The van der Waals surface area contributed by atoms with Gasteiger partial charge in [0.1, 0.15) is 5.69 Å². The summed E-state index contributed by atoms with van der Waals surface area (Å²) in [5, 5.41) is 12.1. The number of nitrogens with one attached hydrogen (secondary N) is 1. The van der Waals surface area contributed by atoms with Gasteiger partial charge < -0.3 is 15.0 Å². The molecule has 0 aliphatic rings. The number of aryl methyl sites for hydroxylation is 1. The summed E-state index contributed by atoms with van der Waals surface area (Å²) < 4.78 is 1.80. The Morgan fingerprint density at radius 2 is 2.05 bits per heavy atom. The van der Waals surface area contributed by atoms with Crippen molar-refractivity contribution in [2.24, 2.45) is 5.41 Å². The van der Waals surface area contributed by atoms with Crippen molar-refractivity contribution in [3.63, 3.8) is 0 Å². The normalized spacial score (nSPS) is 11.4. The van der Waals surface area contributed by atoms with E-state index < -0.39 is 5.97 Å². The Hall–Kier alpha value is -1.49. The van der Waals surface area contributed by atoms with Crippen molar-refractivity contribution in [1.29, 1.82) is 0 Å². The van der Waals surface area contributed by atoms with Gasteiger partial charge in [-0.3, -0.25) is 9.59 Å². The van der Waals surface area contributed by atoms with E-state index in [-0.39, 0.29) is 17.7 Å². The lowest BCUT2D eigenvalue weighted by Crippen LogP contribution is -2.29. The number of rotatable bonds is 8. The molecule has 1 aromatic heterocycles. The third kappa shape index (κ3) is 5.79. The van der Waals surface area contributed by atoms with E-state index in [4.69, 9.17) is 16.7 Å². The molecule has 0 saturated carbocycles. The Kier molecular flexibility index (Phi) is 6.27. The zero-order chi connectivity index (χ0) is 16.0. The second-order valence-electron chi connectivity index (χ2n) is 5.89. The second-order valence-corrected chi connectivity index (χ2v) is 6.33. The largest absolute Gasteiger partial charge is 0.481 e. The summed E-state index contributed by atoms with van der Waals surface area (Å²) >= 11 is 5.91. The maximum absolute atomic E-state index is 12.1. The second kappa shape index (κ2) is 7.50. The first-order valence-corrected chi connectivity index (χ1v) is 7.48. The molecule has 1 aromatic rings. The number of nitrogens with zero attached hydrogens (tertiary/aromatic N) is 1. The summed E-state index contributed by atoms with van der Waals surface area (Å²) in [4.78, 5) is 22.7. The number of aliphatic carboxylic acids is 1. The zero-order valence-corrected chi connectivity index (χ0v) is 13.5. The molecule has 118 valence electrons. The molecule has 0 spiro atoms. The molecule has 1 heterocycles. The molecule has 0 radical (unpaired) electrons. The number of halogens is 1. The molecule has 0 saturated heterocycles.